The average molecular weight is 370 g/mol. The number of hydrogen-bond donors (Lipinski definition) is 0. The molecule has 3 fully saturated rings. The maximum Gasteiger partial charge on any atom is 0.228 e. The molecule has 3 aliphatic rings. The maximum atomic E-state index is 13.0. The molecular weight excluding hydrogens is 340 g/mol. The number of pyridine rings is 1. The zero-order valence-electron chi connectivity index (χ0n) is 16.1. The topological polar surface area (TPSA) is 56.8 Å². The second-order valence-electron chi connectivity index (χ2n) is 8.20. The van der Waals surface area contributed by atoms with Crippen molar-refractivity contribution in [3.63, 3.8) is 0 Å². The van der Waals surface area contributed by atoms with Crippen LogP contribution in [-0.4, -0.2) is 70.3 Å². The van der Waals surface area contributed by atoms with E-state index in [0.717, 1.165) is 52.0 Å². The van der Waals surface area contributed by atoms with Gasteiger partial charge < -0.3 is 9.80 Å². The van der Waals surface area contributed by atoms with Gasteiger partial charge in [0.05, 0.1) is 5.92 Å². The van der Waals surface area contributed by atoms with Gasteiger partial charge in [0.25, 0.3) is 0 Å². The molecule has 1 unspecified atom stereocenters. The van der Waals surface area contributed by atoms with Gasteiger partial charge in [0, 0.05) is 64.1 Å². The van der Waals surface area contributed by atoms with E-state index in [9.17, 15) is 9.59 Å². The number of likely N-dealkylation sites (tertiary alicyclic amines) is 1. The van der Waals surface area contributed by atoms with Gasteiger partial charge in [-0.1, -0.05) is 18.9 Å². The molecule has 2 aliphatic heterocycles. The standard InChI is InChI=1S/C21H30N4O2/c26-20-13-18(16-25(20)19-6-1-2-7-19)21(27)24-10-4-9-23(11-12-24)15-17-5-3-8-22-14-17/h3,5,8,14,18-19H,1-2,4,6-7,9-13,15-16H2. The van der Waals surface area contributed by atoms with Gasteiger partial charge in [0.1, 0.15) is 0 Å². The third kappa shape index (κ3) is 4.32. The van der Waals surface area contributed by atoms with Gasteiger partial charge >= 0.3 is 0 Å². The zero-order chi connectivity index (χ0) is 18.6. The molecule has 2 saturated heterocycles. The summed E-state index contributed by atoms with van der Waals surface area (Å²) in [4.78, 5) is 36.1. The summed E-state index contributed by atoms with van der Waals surface area (Å²) in [7, 11) is 0. The Balaban J connectivity index is 1.31. The van der Waals surface area contributed by atoms with Gasteiger partial charge in [-0.3, -0.25) is 19.5 Å². The van der Waals surface area contributed by atoms with Crippen molar-refractivity contribution in [1.29, 1.82) is 0 Å². The summed E-state index contributed by atoms with van der Waals surface area (Å²) in [5.41, 5.74) is 1.21. The summed E-state index contributed by atoms with van der Waals surface area (Å²) in [6.07, 6.45) is 9.75. The molecule has 0 bridgehead atoms. The summed E-state index contributed by atoms with van der Waals surface area (Å²) in [5.74, 6) is 0.239. The number of amides is 2. The quantitative estimate of drug-likeness (QED) is 0.812. The van der Waals surface area contributed by atoms with Crippen LogP contribution >= 0.6 is 0 Å². The van der Waals surface area contributed by atoms with Gasteiger partial charge in [-0.15, -0.1) is 0 Å². The normalized spacial score (nSPS) is 25.2. The van der Waals surface area contributed by atoms with E-state index in [1.807, 2.05) is 22.1 Å². The first-order chi connectivity index (χ1) is 13.2. The molecule has 3 heterocycles. The Labute approximate surface area is 161 Å². The zero-order valence-corrected chi connectivity index (χ0v) is 16.1. The van der Waals surface area contributed by atoms with Crippen molar-refractivity contribution in [1.82, 2.24) is 19.7 Å². The first-order valence-corrected chi connectivity index (χ1v) is 10.4. The van der Waals surface area contributed by atoms with Crippen LogP contribution in [0, 0.1) is 5.92 Å². The number of carbonyl (C=O) groups is 2. The van der Waals surface area contributed by atoms with Crippen molar-refractivity contribution < 1.29 is 9.59 Å². The lowest BCUT2D eigenvalue weighted by atomic mass is 10.1. The molecule has 4 rings (SSSR count). The fourth-order valence-electron chi connectivity index (χ4n) is 4.82. The third-order valence-electron chi connectivity index (χ3n) is 6.30. The SMILES string of the molecule is O=C(C1CC(=O)N(C2CCCC2)C1)N1CCCN(Cc2cccnc2)CC1. The molecule has 0 radical (unpaired) electrons. The van der Waals surface area contributed by atoms with Crippen molar-refractivity contribution in [3.05, 3.63) is 30.1 Å². The van der Waals surface area contributed by atoms with E-state index in [2.05, 4.69) is 16.0 Å². The lowest BCUT2D eigenvalue weighted by Crippen LogP contribution is -2.40. The van der Waals surface area contributed by atoms with Crippen molar-refractivity contribution in [3.8, 4) is 0 Å². The smallest absolute Gasteiger partial charge is 0.228 e. The van der Waals surface area contributed by atoms with Gasteiger partial charge in [0.15, 0.2) is 0 Å². The van der Waals surface area contributed by atoms with Crippen molar-refractivity contribution >= 4 is 11.8 Å². The molecule has 0 spiro atoms. The van der Waals surface area contributed by atoms with Gasteiger partial charge in [-0.25, -0.2) is 0 Å². The van der Waals surface area contributed by atoms with E-state index in [-0.39, 0.29) is 17.7 Å². The van der Waals surface area contributed by atoms with Gasteiger partial charge in [0.2, 0.25) is 11.8 Å². The monoisotopic (exact) mass is 370 g/mol. The molecule has 6 nitrogen and oxygen atoms in total. The predicted molar refractivity (Wildman–Crippen MR) is 103 cm³/mol. The summed E-state index contributed by atoms with van der Waals surface area (Å²) in [5, 5.41) is 0. The molecule has 1 aromatic heterocycles. The molecule has 1 aromatic rings. The predicted octanol–water partition coefficient (Wildman–Crippen LogP) is 1.91. The highest BCUT2D eigenvalue weighted by molar-refractivity contribution is 5.89. The van der Waals surface area contributed by atoms with Crippen LogP contribution in [0.15, 0.2) is 24.5 Å². The highest BCUT2D eigenvalue weighted by Crippen LogP contribution is 2.30. The Bertz CT molecular complexity index is 659. The molecule has 2 amide bonds. The molecule has 1 atom stereocenters. The minimum Gasteiger partial charge on any atom is -0.341 e. The summed E-state index contributed by atoms with van der Waals surface area (Å²) < 4.78 is 0. The largest absolute Gasteiger partial charge is 0.341 e. The lowest BCUT2D eigenvalue weighted by Gasteiger charge is -2.26. The average Bonchev–Trinajstić information content (AvgIpc) is 3.28. The highest BCUT2D eigenvalue weighted by atomic mass is 16.2. The molecule has 1 saturated carbocycles. The van der Waals surface area contributed by atoms with Crippen LogP contribution in [0.2, 0.25) is 0 Å². The summed E-state index contributed by atoms with van der Waals surface area (Å²) >= 11 is 0. The van der Waals surface area contributed by atoms with E-state index >= 15 is 0 Å². The molecule has 0 aromatic carbocycles. The molecular formula is C21H30N4O2. The van der Waals surface area contributed by atoms with E-state index in [4.69, 9.17) is 0 Å². The molecule has 27 heavy (non-hydrogen) atoms. The Kier molecular flexibility index (Phi) is 5.72. The van der Waals surface area contributed by atoms with Crippen LogP contribution in [0.1, 0.15) is 44.1 Å². The summed E-state index contributed by atoms with van der Waals surface area (Å²) in [6, 6.07) is 4.45. The number of rotatable bonds is 4. The number of aromatic nitrogens is 1. The number of carbonyl (C=O) groups excluding carboxylic acids is 2. The molecule has 1 aliphatic carbocycles. The van der Waals surface area contributed by atoms with Crippen LogP contribution < -0.4 is 0 Å². The fourth-order valence-corrected chi connectivity index (χ4v) is 4.82. The van der Waals surface area contributed by atoms with Crippen LogP contribution in [0.25, 0.3) is 0 Å². The second kappa shape index (κ2) is 8.38. The Morgan fingerprint density at radius 3 is 2.74 bits per heavy atom. The summed E-state index contributed by atoms with van der Waals surface area (Å²) in [6.45, 7) is 4.96. The van der Waals surface area contributed by atoms with Gasteiger partial charge in [-0.2, -0.15) is 0 Å². The number of hydrogen-bond acceptors (Lipinski definition) is 4. The number of nitrogens with zero attached hydrogens (tertiary/aromatic N) is 4. The van der Waals surface area contributed by atoms with E-state index in [1.54, 1.807) is 6.20 Å². The minimum atomic E-state index is -0.136. The molecule has 146 valence electrons. The third-order valence-corrected chi connectivity index (χ3v) is 6.30. The second-order valence-corrected chi connectivity index (χ2v) is 8.20. The van der Waals surface area contributed by atoms with Crippen LogP contribution in [0.4, 0.5) is 0 Å². The minimum absolute atomic E-state index is 0.136. The van der Waals surface area contributed by atoms with Crippen molar-refractivity contribution in [2.45, 2.75) is 51.1 Å². The highest BCUT2D eigenvalue weighted by Gasteiger charge is 2.40. The lowest BCUT2D eigenvalue weighted by molar-refractivity contribution is -0.135. The van der Waals surface area contributed by atoms with E-state index < -0.39 is 0 Å². The van der Waals surface area contributed by atoms with E-state index in [0.29, 0.717) is 19.0 Å². The Morgan fingerprint density at radius 2 is 1.96 bits per heavy atom. The first-order valence-electron chi connectivity index (χ1n) is 10.4. The van der Waals surface area contributed by atoms with Crippen LogP contribution in [-0.2, 0) is 16.1 Å². The Hall–Kier alpha value is -1.95. The van der Waals surface area contributed by atoms with E-state index in [1.165, 1.54) is 18.4 Å². The fraction of sp³-hybridized carbons (Fsp3) is 0.667. The van der Waals surface area contributed by atoms with Crippen LogP contribution in [0.3, 0.4) is 0 Å². The van der Waals surface area contributed by atoms with Crippen molar-refractivity contribution in [2.75, 3.05) is 32.7 Å². The molecule has 0 N–H and O–H groups in total. The van der Waals surface area contributed by atoms with Crippen LogP contribution in [0.5, 0.6) is 0 Å². The Morgan fingerprint density at radius 1 is 1.11 bits per heavy atom. The molecule has 6 heteroatoms. The maximum absolute atomic E-state index is 13.0. The first kappa shape index (κ1) is 18.4. The van der Waals surface area contributed by atoms with Gasteiger partial charge in [-0.05, 0) is 30.9 Å². The van der Waals surface area contributed by atoms with Crippen molar-refractivity contribution in [2.24, 2.45) is 5.92 Å².